The zero-order valence-electron chi connectivity index (χ0n) is 13.7. The number of anilines is 1. The normalized spacial score (nSPS) is 13.8. The van der Waals surface area contributed by atoms with Crippen molar-refractivity contribution in [2.24, 2.45) is 10.2 Å². The first-order valence-electron chi connectivity index (χ1n) is 7.72. The Morgan fingerprint density at radius 2 is 1.88 bits per heavy atom. The molecule has 25 heavy (non-hydrogen) atoms. The quantitative estimate of drug-likeness (QED) is 0.608. The molecule has 0 unspecified atom stereocenters. The van der Waals surface area contributed by atoms with Crippen LogP contribution in [0.2, 0.25) is 0 Å². The fourth-order valence-electron chi connectivity index (χ4n) is 2.36. The van der Waals surface area contributed by atoms with Crippen molar-refractivity contribution in [3.63, 3.8) is 0 Å². The minimum atomic E-state index is -3.68. The number of rotatable bonds is 6. The van der Waals surface area contributed by atoms with E-state index in [-0.39, 0.29) is 11.7 Å². The molecule has 2 aromatic rings. The molecule has 1 heterocycles. The average Bonchev–Trinajstić information content (AvgIpc) is 3.05. The third-order valence-electron chi connectivity index (χ3n) is 3.77. The Kier molecular flexibility index (Phi) is 4.91. The Balaban J connectivity index is 1.55. The second kappa shape index (κ2) is 7.12. The van der Waals surface area contributed by atoms with Crippen molar-refractivity contribution < 1.29 is 17.9 Å². The van der Waals surface area contributed by atoms with Crippen molar-refractivity contribution in [1.82, 2.24) is 0 Å². The molecular weight excluding hydrogens is 342 g/mol. The van der Waals surface area contributed by atoms with Crippen LogP contribution in [0.5, 0.6) is 11.5 Å². The van der Waals surface area contributed by atoms with Crippen LogP contribution in [0.4, 0.5) is 5.69 Å². The number of hydrogen-bond acceptors (Lipinski definition) is 6. The lowest BCUT2D eigenvalue weighted by molar-refractivity contribution is 0.174. The van der Waals surface area contributed by atoms with Crippen LogP contribution in [-0.4, -0.2) is 20.9 Å². The Bertz CT molecular complexity index is 893. The van der Waals surface area contributed by atoms with Crippen molar-refractivity contribution in [2.45, 2.75) is 24.7 Å². The van der Waals surface area contributed by atoms with Crippen molar-refractivity contribution in [3.8, 4) is 11.5 Å². The van der Waals surface area contributed by atoms with Crippen LogP contribution in [0.1, 0.15) is 18.9 Å². The van der Waals surface area contributed by atoms with Crippen molar-refractivity contribution in [1.29, 1.82) is 0 Å². The van der Waals surface area contributed by atoms with E-state index in [0.29, 0.717) is 5.69 Å². The number of nitrogens with one attached hydrogen (secondary N) is 1. The number of sulfonamides is 1. The molecule has 1 aliphatic rings. The monoisotopic (exact) mass is 361 g/mol. The van der Waals surface area contributed by atoms with E-state index < -0.39 is 10.0 Å². The van der Waals surface area contributed by atoms with Crippen molar-refractivity contribution in [3.05, 3.63) is 48.0 Å². The number of primary sulfonamides is 1. The Hall–Kier alpha value is -2.58. The zero-order chi connectivity index (χ0) is 17.9. The molecule has 0 amide bonds. The molecule has 8 heteroatoms. The molecule has 0 bridgehead atoms. The van der Waals surface area contributed by atoms with Gasteiger partial charge in [0.2, 0.25) is 16.8 Å². The smallest absolute Gasteiger partial charge is 0.238 e. The van der Waals surface area contributed by atoms with Gasteiger partial charge >= 0.3 is 0 Å². The number of nitrogens with two attached hydrogens (primary N) is 1. The molecule has 0 atom stereocenters. The maximum atomic E-state index is 11.2. The van der Waals surface area contributed by atoms with Crippen molar-refractivity contribution >= 4 is 21.4 Å². The van der Waals surface area contributed by atoms with Gasteiger partial charge in [0.05, 0.1) is 10.6 Å². The second-order valence-corrected chi connectivity index (χ2v) is 7.28. The van der Waals surface area contributed by atoms with Gasteiger partial charge in [0, 0.05) is 5.71 Å². The Morgan fingerprint density at radius 1 is 1.16 bits per heavy atom. The predicted molar refractivity (Wildman–Crippen MR) is 95.4 cm³/mol. The van der Waals surface area contributed by atoms with Gasteiger partial charge in [-0.2, -0.15) is 5.10 Å². The average molecular weight is 361 g/mol. The highest BCUT2D eigenvalue weighted by Crippen LogP contribution is 2.32. The highest BCUT2D eigenvalue weighted by atomic mass is 32.2. The molecule has 1 aliphatic heterocycles. The Morgan fingerprint density at radius 3 is 2.60 bits per heavy atom. The minimum Gasteiger partial charge on any atom is -0.454 e. The van der Waals surface area contributed by atoms with Crippen LogP contribution in [-0.2, 0) is 16.4 Å². The molecule has 2 aromatic carbocycles. The molecule has 0 radical (unpaired) electrons. The summed E-state index contributed by atoms with van der Waals surface area (Å²) in [6.45, 7) is 2.20. The summed E-state index contributed by atoms with van der Waals surface area (Å²) in [6.07, 6.45) is 1.61. The predicted octanol–water partition coefficient (Wildman–Crippen LogP) is 2.48. The van der Waals surface area contributed by atoms with Gasteiger partial charge in [0.15, 0.2) is 11.5 Å². The molecule has 0 spiro atoms. The first kappa shape index (κ1) is 17.2. The topological polar surface area (TPSA) is 103 Å². The maximum Gasteiger partial charge on any atom is 0.238 e. The van der Waals surface area contributed by atoms with E-state index in [4.69, 9.17) is 14.6 Å². The molecule has 3 N–H and O–H groups in total. The van der Waals surface area contributed by atoms with Gasteiger partial charge in [0.25, 0.3) is 0 Å². The lowest BCUT2D eigenvalue weighted by atomic mass is 10.1. The van der Waals surface area contributed by atoms with Crippen LogP contribution in [0.3, 0.4) is 0 Å². The first-order valence-corrected chi connectivity index (χ1v) is 9.27. The van der Waals surface area contributed by atoms with Crippen LogP contribution >= 0.6 is 0 Å². The number of hydrogen-bond donors (Lipinski definition) is 2. The number of aryl methyl sites for hydroxylation is 1. The van der Waals surface area contributed by atoms with Gasteiger partial charge in [-0.25, -0.2) is 13.6 Å². The molecular formula is C17H19N3O4S. The second-order valence-electron chi connectivity index (χ2n) is 5.72. The highest BCUT2D eigenvalue weighted by Gasteiger charge is 2.13. The lowest BCUT2D eigenvalue weighted by Gasteiger charge is -2.05. The molecule has 0 fully saturated rings. The van der Waals surface area contributed by atoms with Crippen LogP contribution < -0.4 is 20.0 Å². The molecule has 3 rings (SSSR count). The van der Waals surface area contributed by atoms with E-state index >= 15 is 0 Å². The van der Waals surface area contributed by atoms with E-state index in [9.17, 15) is 8.42 Å². The van der Waals surface area contributed by atoms with E-state index in [1.807, 2.05) is 25.1 Å². The fraction of sp³-hybridized carbons (Fsp3) is 0.235. The van der Waals surface area contributed by atoms with E-state index in [1.54, 1.807) is 12.1 Å². The zero-order valence-corrected chi connectivity index (χ0v) is 14.5. The maximum absolute atomic E-state index is 11.2. The van der Waals surface area contributed by atoms with Gasteiger partial charge < -0.3 is 9.47 Å². The van der Waals surface area contributed by atoms with Crippen molar-refractivity contribution in [2.75, 3.05) is 12.2 Å². The van der Waals surface area contributed by atoms with Gasteiger partial charge in [0.1, 0.15) is 0 Å². The molecule has 7 nitrogen and oxygen atoms in total. The largest absolute Gasteiger partial charge is 0.454 e. The summed E-state index contributed by atoms with van der Waals surface area (Å²) < 4.78 is 33.1. The molecule has 132 valence electrons. The summed E-state index contributed by atoms with van der Waals surface area (Å²) in [6, 6.07) is 12.0. The third kappa shape index (κ3) is 4.49. The number of benzene rings is 2. The third-order valence-corrected chi connectivity index (χ3v) is 4.70. The van der Waals surface area contributed by atoms with Gasteiger partial charge in [-0.1, -0.05) is 6.07 Å². The molecule has 0 aliphatic carbocycles. The molecule has 0 saturated heterocycles. The van der Waals surface area contributed by atoms with Gasteiger partial charge in [-0.15, -0.1) is 0 Å². The fourth-order valence-corrected chi connectivity index (χ4v) is 2.87. The van der Waals surface area contributed by atoms with E-state index in [2.05, 4.69) is 10.5 Å². The Labute approximate surface area is 146 Å². The highest BCUT2D eigenvalue weighted by molar-refractivity contribution is 7.89. The van der Waals surface area contributed by atoms with Crippen LogP contribution in [0, 0.1) is 0 Å². The van der Waals surface area contributed by atoms with Crippen LogP contribution in [0.25, 0.3) is 0 Å². The van der Waals surface area contributed by atoms with Gasteiger partial charge in [-0.3, -0.25) is 5.43 Å². The molecule has 0 aromatic heterocycles. The standard InChI is InChI=1S/C17H19N3O4S/c1-12(2-3-13-4-9-16-17(10-13)24-11-23-16)19-20-14-5-7-15(8-6-14)25(18,21)22/h4-10,20H,2-3,11H2,1H3,(H2,18,21,22)/b19-12+. The van der Waals surface area contributed by atoms with Gasteiger partial charge in [-0.05, 0) is 61.7 Å². The summed E-state index contributed by atoms with van der Waals surface area (Å²) in [5.41, 5.74) is 5.67. The number of hydrazone groups is 1. The van der Waals surface area contributed by atoms with E-state index in [1.165, 1.54) is 12.1 Å². The molecule has 0 saturated carbocycles. The lowest BCUT2D eigenvalue weighted by Crippen LogP contribution is -2.11. The summed E-state index contributed by atoms with van der Waals surface area (Å²) in [4.78, 5) is 0.0709. The summed E-state index contributed by atoms with van der Waals surface area (Å²) in [5.74, 6) is 1.55. The van der Waals surface area contributed by atoms with Crippen LogP contribution in [0.15, 0.2) is 52.5 Å². The summed E-state index contributed by atoms with van der Waals surface area (Å²) in [5, 5.41) is 9.37. The van der Waals surface area contributed by atoms with E-state index in [0.717, 1.165) is 35.6 Å². The SMILES string of the molecule is C/C(CCc1ccc2c(c1)OCO2)=N\Nc1ccc(S(N)(=O)=O)cc1. The minimum absolute atomic E-state index is 0.0709. The first-order chi connectivity index (χ1) is 11.9. The number of ether oxygens (including phenoxy) is 2. The summed E-state index contributed by atoms with van der Waals surface area (Å²) >= 11 is 0. The number of fused-ring (bicyclic) bond motifs is 1. The number of nitrogens with zero attached hydrogens (tertiary/aromatic N) is 1. The summed E-state index contributed by atoms with van der Waals surface area (Å²) in [7, 11) is -3.68.